The molecule has 1 amide bonds. The lowest BCUT2D eigenvalue weighted by Gasteiger charge is -2.40. The molecule has 1 heterocycles. The molecule has 0 saturated carbocycles. The summed E-state index contributed by atoms with van der Waals surface area (Å²) in [5, 5.41) is 54.2. The number of hydrogen-bond donors (Lipinski definition) is 6. The molecule has 0 aromatic heterocycles. The number of ether oxygens (including phenoxy) is 3. The minimum atomic E-state index is -1.60. The fourth-order valence-corrected chi connectivity index (χ4v) is 7.79. The molecule has 6 N–H and O–H groups in total. The maximum absolute atomic E-state index is 13.0. The third-order valence-corrected chi connectivity index (χ3v) is 12.2. The molecule has 69 heavy (non-hydrogen) atoms. The number of carbonyl (C=O) groups is 2. The number of amides is 1. The number of hydrogen-bond acceptors (Lipinski definition) is 10. The van der Waals surface area contributed by atoms with Crippen LogP contribution in [0.1, 0.15) is 206 Å². The summed E-state index contributed by atoms with van der Waals surface area (Å²) in [6.07, 6.45) is 52.4. The normalized spacial score (nSPS) is 20.0. The first-order valence-corrected chi connectivity index (χ1v) is 27.4. The molecule has 396 valence electrons. The largest absolute Gasteiger partial charge is 0.466 e. The zero-order valence-corrected chi connectivity index (χ0v) is 43.2. The van der Waals surface area contributed by atoms with Gasteiger partial charge in [0.2, 0.25) is 5.91 Å². The highest BCUT2D eigenvalue weighted by Crippen LogP contribution is 2.22. The maximum Gasteiger partial charge on any atom is 0.305 e. The molecule has 1 rings (SSSR count). The summed E-state index contributed by atoms with van der Waals surface area (Å²) in [4.78, 5) is 25.0. The number of carbonyl (C=O) groups excluding carboxylic acids is 2. The number of allylic oxidation sites excluding steroid dienone is 13. The van der Waals surface area contributed by atoms with E-state index in [1.807, 2.05) is 18.2 Å². The third-order valence-electron chi connectivity index (χ3n) is 12.2. The molecule has 1 fully saturated rings. The number of rotatable bonds is 45. The highest BCUT2D eigenvalue weighted by atomic mass is 16.7. The van der Waals surface area contributed by atoms with E-state index in [-0.39, 0.29) is 24.9 Å². The zero-order valence-electron chi connectivity index (χ0n) is 43.2. The van der Waals surface area contributed by atoms with Gasteiger partial charge in [-0.25, -0.2) is 0 Å². The lowest BCUT2D eigenvalue weighted by Crippen LogP contribution is -2.60. The van der Waals surface area contributed by atoms with E-state index < -0.39 is 49.5 Å². The van der Waals surface area contributed by atoms with Crippen molar-refractivity contribution >= 4 is 11.9 Å². The summed E-state index contributed by atoms with van der Waals surface area (Å²) >= 11 is 0. The lowest BCUT2D eigenvalue weighted by molar-refractivity contribution is -0.302. The Labute approximate surface area is 419 Å². The van der Waals surface area contributed by atoms with Crippen LogP contribution >= 0.6 is 0 Å². The highest BCUT2D eigenvalue weighted by molar-refractivity contribution is 5.76. The summed E-state index contributed by atoms with van der Waals surface area (Å²) in [7, 11) is 0. The molecule has 0 spiro atoms. The van der Waals surface area contributed by atoms with Crippen molar-refractivity contribution in [3.8, 4) is 0 Å². The molecule has 11 nitrogen and oxygen atoms in total. The average molecular weight is 970 g/mol. The van der Waals surface area contributed by atoms with Crippen LogP contribution in [0.2, 0.25) is 0 Å². The molecule has 0 aromatic carbocycles. The van der Waals surface area contributed by atoms with Crippen LogP contribution in [-0.4, -0.2) is 100 Å². The monoisotopic (exact) mass is 970 g/mol. The molecule has 0 aromatic rings. The minimum absolute atomic E-state index is 0.0579. The Balaban J connectivity index is 2.27. The molecule has 7 unspecified atom stereocenters. The summed E-state index contributed by atoms with van der Waals surface area (Å²) in [6.45, 7) is 4.12. The van der Waals surface area contributed by atoms with Gasteiger partial charge in [-0.3, -0.25) is 9.59 Å². The van der Waals surface area contributed by atoms with E-state index in [1.165, 1.54) is 77.0 Å². The molecular formula is C58H99NO10. The van der Waals surface area contributed by atoms with Crippen LogP contribution in [0.15, 0.2) is 85.1 Å². The fourth-order valence-electron chi connectivity index (χ4n) is 7.79. The van der Waals surface area contributed by atoms with E-state index in [0.717, 1.165) is 89.9 Å². The summed E-state index contributed by atoms with van der Waals surface area (Å²) in [6, 6.07) is -0.882. The van der Waals surface area contributed by atoms with Crippen molar-refractivity contribution in [2.45, 2.75) is 249 Å². The molecular weight excluding hydrogens is 871 g/mol. The minimum Gasteiger partial charge on any atom is -0.466 e. The number of aliphatic hydroxyl groups is 5. The van der Waals surface area contributed by atoms with Crippen molar-refractivity contribution in [3.63, 3.8) is 0 Å². The van der Waals surface area contributed by atoms with Gasteiger partial charge in [0.25, 0.3) is 0 Å². The smallest absolute Gasteiger partial charge is 0.305 e. The maximum atomic E-state index is 13.0. The molecule has 0 aliphatic carbocycles. The van der Waals surface area contributed by atoms with Gasteiger partial charge >= 0.3 is 5.97 Å². The molecule has 1 aliphatic heterocycles. The van der Waals surface area contributed by atoms with Gasteiger partial charge in [-0.2, -0.15) is 0 Å². The predicted octanol–water partition coefficient (Wildman–Crippen LogP) is 11.8. The van der Waals surface area contributed by atoms with Crippen molar-refractivity contribution < 1.29 is 49.3 Å². The fraction of sp³-hybridized carbons (Fsp3) is 0.724. The zero-order chi connectivity index (χ0) is 50.3. The molecule has 0 bridgehead atoms. The van der Waals surface area contributed by atoms with E-state index in [4.69, 9.17) is 14.2 Å². The molecule has 1 aliphatic rings. The second kappa shape index (κ2) is 47.2. The van der Waals surface area contributed by atoms with Crippen LogP contribution in [0.25, 0.3) is 0 Å². The van der Waals surface area contributed by atoms with Gasteiger partial charge in [-0.15, -0.1) is 0 Å². The number of esters is 1. The van der Waals surface area contributed by atoms with Gasteiger partial charge in [0, 0.05) is 12.8 Å². The number of aliphatic hydroxyl groups excluding tert-OH is 5. The average Bonchev–Trinajstić information content (AvgIpc) is 3.34. The standard InChI is InChI=1S/C58H99NO10/c1-3-5-7-9-11-13-15-17-18-21-24-28-32-36-40-44-51(61)50(49-68-58-57(66)56(65)55(64)52(48-60)69-58)59-53(62)45-41-37-33-29-25-22-19-23-27-31-35-39-43-47-67-54(63)46-42-38-34-30-26-20-16-14-12-10-8-6-4-2/h8,10,14-17,22,24-25,28,33,37,40,44,50-52,55-58,60-61,64-66H,3-7,9,11-13,18-21,23,26-27,29-32,34-36,38-39,41-43,45-49H2,1-2H3,(H,59,62)/b10-8-,16-14-,17-15+,25-22-,28-24+,37-33-,44-40+. The Morgan fingerprint density at radius 2 is 1.03 bits per heavy atom. The van der Waals surface area contributed by atoms with Crippen molar-refractivity contribution in [2.75, 3.05) is 19.8 Å². The van der Waals surface area contributed by atoms with Crippen LogP contribution in [0.3, 0.4) is 0 Å². The number of nitrogens with one attached hydrogen (secondary N) is 1. The van der Waals surface area contributed by atoms with E-state index in [0.29, 0.717) is 25.9 Å². The molecule has 1 saturated heterocycles. The Bertz CT molecular complexity index is 1420. The second-order valence-corrected chi connectivity index (χ2v) is 18.5. The van der Waals surface area contributed by atoms with Crippen LogP contribution in [-0.2, 0) is 23.8 Å². The van der Waals surface area contributed by atoms with Gasteiger partial charge in [-0.1, -0.05) is 176 Å². The van der Waals surface area contributed by atoms with E-state index in [9.17, 15) is 35.1 Å². The topological polar surface area (TPSA) is 175 Å². The highest BCUT2D eigenvalue weighted by Gasteiger charge is 2.44. The third kappa shape index (κ3) is 37.3. The van der Waals surface area contributed by atoms with E-state index >= 15 is 0 Å². The molecule has 11 heteroatoms. The molecule has 7 atom stereocenters. The Hall–Kier alpha value is -3.16. The Morgan fingerprint density at radius 3 is 1.61 bits per heavy atom. The predicted molar refractivity (Wildman–Crippen MR) is 282 cm³/mol. The van der Waals surface area contributed by atoms with E-state index in [1.54, 1.807) is 6.08 Å². The number of unbranched alkanes of at least 4 members (excludes halogenated alkanes) is 19. The van der Waals surface area contributed by atoms with Gasteiger partial charge < -0.3 is 45.1 Å². The van der Waals surface area contributed by atoms with Crippen molar-refractivity contribution in [1.29, 1.82) is 0 Å². The first kappa shape index (κ1) is 63.9. The van der Waals surface area contributed by atoms with Crippen LogP contribution in [0, 0.1) is 0 Å². The van der Waals surface area contributed by atoms with Crippen molar-refractivity contribution in [3.05, 3.63) is 85.1 Å². The van der Waals surface area contributed by atoms with Gasteiger partial charge in [0.15, 0.2) is 6.29 Å². The van der Waals surface area contributed by atoms with Crippen LogP contribution in [0.5, 0.6) is 0 Å². The van der Waals surface area contributed by atoms with Gasteiger partial charge in [0.05, 0.1) is 32.0 Å². The Kier molecular flexibility index (Phi) is 43.7. The van der Waals surface area contributed by atoms with Gasteiger partial charge in [0.1, 0.15) is 24.4 Å². The molecule has 0 radical (unpaired) electrons. The summed E-state index contributed by atoms with van der Waals surface area (Å²) < 4.78 is 16.6. The second-order valence-electron chi connectivity index (χ2n) is 18.5. The Morgan fingerprint density at radius 1 is 0.536 bits per heavy atom. The van der Waals surface area contributed by atoms with Crippen molar-refractivity contribution in [1.82, 2.24) is 5.32 Å². The van der Waals surface area contributed by atoms with Gasteiger partial charge in [-0.05, 0) is 103 Å². The summed E-state index contributed by atoms with van der Waals surface area (Å²) in [5.74, 6) is -0.338. The lowest BCUT2D eigenvalue weighted by atomic mass is 9.99. The first-order valence-electron chi connectivity index (χ1n) is 27.4. The quantitative estimate of drug-likeness (QED) is 0.0196. The van der Waals surface area contributed by atoms with E-state index in [2.05, 4.69) is 79.9 Å². The van der Waals surface area contributed by atoms with Crippen LogP contribution in [0.4, 0.5) is 0 Å². The summed E-state index contributed by atoms with van der Waals surface area (Å²) in [5.41, 5.74) is 0. The van der Waals surface area contributed by atoms with Crippen molar-refractivity contribution in [2.24, 2.45) is 0 Å². The first-order chi connectivity index (χ1) is 33.7. The SMILES string of the molecule is CCC/C=C\C/C=C\CCCCCCCC(=O)OCCCCCCCC/C=C\C/C=C\CCC(=O)NC(COC1OC(CO)C(O)C(O)C1O)C(O)/C=C/CC/C=C/CC/C=C/CCCCCCC. The van der Waals surface area contributed by atoms with Crippen LogP contribution < -0.4 is 5.32 Å².